The number of ether oxygens (including phenoxy) is 1. The molecule has 0 aliphatic carbocycles. The zero-order valence-electron chi connectivity index (χ0n) is 22.2. The molecule has 0 saturated carbocycles. The van der Waals surface area contributed by atoms with Crippen LogP contribution in [0.5, 0.6) is 5.75 Å². The molecule has 1 N–H and O–H groups in total. The number of fused-ring (bicyclic) bond motifs is 1. The van der Waals surface area contributed by atoms with Gasteiger partial charge >= 0.3 is 5.97 Å². The second-order valence-electron chi connectivity index (χ2n) is 9.17. The van der Waals surface area contributed by atoms with Crippen LogP contribution in [0.1, 0.15) is 32.9 Å². The highest BCUT2D eigenvalue weighted by Gasteiger charge is 2.30. The lowest BCUT2D eigenvalue weighted by molar-refractivity contribution is -0.137. The topological polar surface area (TPSA) is 140 Å². The Kier molecular flexibility index (Phi) is 8.19. The van der Waals surface area contributed by atoms with Crippen LogP contribution in [0.2, 0.25) is 0 Å². The summed E-state index contributed by atoms with van der Waals surface area (Å²) in [5.74, 6) is -0.916. The Morgan fingerprint density at radius 1 is 1.13 bits per heavy atom. The molecule has 38 heavy (non-hydrogen) atoms. The molecule has 0 amide bonds. The van der Waals surface area contributed by atoms with Gasteiger partial charge in [-0.3, -0.25) is 18.8 Å². The molecule has 4 rings (SSSR count). The van der Waals surface area contributed by atoms with E-state index in [0.717, 1.165) is 17.5 Å². The van der Waals surface area contributed by atoms with Gasteiger partial charge in [0.2, 0.25) is 10.0 Å². The van der Waals surface area contributed by atoms with E-state index in [2.05, 4.69) is 10.00 Å². The monoisotopic (exact) mass is 546 g/mol. The summed E-state index contributed by atoms with van der Waals surface area (Å²) in [7, 11) is -2.24. The summed E-state index contributed by atoms with van der Waals surface area (Å²) < 4.78 is 36.9. The summed E-state index contributed by atoms with van der Waals surface area (Å²) in [6.07, 6.45) is 1.34. The molecule has 0 bridgehead atoms. The normalized spacial score (nSPS) is 15.3. The van der Waals surface area contributed by atoms with Crippen LogP contribution in [0.4, 0.5) is 0 Å². The molecule has 1 saturated heterocycles. The maximum Gasteiger partial charge on any atom is 0.323 e. The number of sulfonamides is 1. The van der Waals surface area contributed by atoms with Crippen LogP contribution in [0.3, 0.4) is 0 Å². The van der Waals surface area contributed by atoms with E-state index < -0.39 is 28.1 Å². The van der Waals surface area contributed by atoms with Crippen molar-refractivity contribution < 1.29 is 23.1 Å². The zero-order valence-corrected chi connectivity index (χ0v) is 23.0. The fraction of sp³-hybridized carbons (Fsp3) is 0.520. The summed E-state index contributed by atoms with van der Waals surface area (Å²) in [4.78, 5) is 32.3. The maximum absolute atomic E-state index is 13.6. The Morgan fingerprint density at radius 3 is 2.45 bits per heavy atom. The number of benzene rings is 1. The Morgan fingerprint density at radius 2 is 1.84 bits per heavy atom. The van der Waals surface area contributed by atoms with E-state index in [-0.39, 0.29) is 28.4 Å². The predicted molar refractivity (Wildman–Crippen MR) is 142 cm³/mol. The molecule has 1 aromatic carbocycles. The second kappa shape index (κ2) is 11.2. The summed E-state index contributed by atoms with van der Waals surface area (Å²) >= 11 is 0. The molecule has 12 nitrogen and oxygen atoms in total. The van der Waals surface area contributed by atoms with Crippen molar-refractivity contribution in [3.05, 3.63) is 34.2 Å². The molecule has 0 radical (unpaired) electrons. The molecular weight excluding hydrogens is 512 g/mol. The molecule has 2 aromatic heterocycles. The summed E-state index contributed by atoms with van der Waals surface area (Å²) in [5.41, 5.74) is 0.820. The number of nitrogens with zero attached hydrogens (tertiary/aromatic N) is 6. The lowest BCUT2D eigenvalue weighted by Gasteiger charge is -2.33. The number of hydrogen-bond donors (Lipinski definition) is 1. The number of carboxylic acids is 1. The highest BCUT2D eigenvalue weighted by atomic mass is 32.2. The first kappa shape index (κ1) is 27.7. The predicted octanol–water partition coefficient (Wildman–Crippen LogP) is 1.56. The van der Waals surface area contributed by atoms with Crippen LogP contribution in [0.15, 0.2) is 27.9 Å². The van der Waals surface area contributed by atoms with Gasteiger partial charge in [-0.05, 0) is 38.1 Å². The first-order chi connectivity index (χ1) is 18.1. The number of hydrogen-bond acceptors (Lipinski definition) is 8. The third kappa shape index (κ3) is 5.18. The standard InChI is InChI=1S/C25H34N6O6S/c1-5-8-19-22-23(28(4)27-19)25(34)31(16-21(32)33)24(26-22)18-15-17(9-10-20(18)37-7-3)38(35,36)30-13-11-29(6-2)12-14-30/h9-10,15H,5-8,11-14,16H2,1-4H3,(H,32,33). The van der Waals surface area contributed by atoms with Crippen molar-refractivity contribution in [2.45, 2.75) is 45.1 Å². The van der Waals surface area contributed by atoms with Crippen molar-refractivity contribution in [1.82, 2.24) is 28.5 Å². The van der Waals surface area contributed by atoms with E-state index >= 15 is 0 Å². The molecule has 1 aliphatic heterocycles. The molecular formula is C25H34N6O6S. The molecule has 0 atom stereocenters. The van der Waals surface area contributed by atoms with Gasteiger partial charge in [-0.15, -0.1) is 0 Å². The van der Waals surface area contributed by atoms with Crippen molar-refractivity contribution in [2.24, 2.45) is 7.05 Å². The number of aryl methyl sites for hydroxylation is 2. The van der Waals surface area contributed by atoms with Gasteiger partial charge in [0, 0.05) is 33.2 Å². The molecule has 0 spiro atoms. The third-order valence-corrected chi connectivity index (χ3v) is 8.60. The van der Waals surface area contributed by atoms with Crippen LogP contribution < -0.4 is 10.3 Å². The number of piperazine rings is 1. The van der Waals surface area contributed by atoms with Crippen LogP contribution in [0, 0.1) is 0 Å². The summed E-state index contributed by atoms with van der Waals surface area (Å²) in [5, 5.41) is 14.1. The molecule has 206 valence electrons. The number of aromatic nitrogens is 4. The van der Waals surface area contributed by atoms with E-state index in [9.17, 15) is 23.1 Å². The Hall–Kier alpha value is -3.29. The van der Waals surface area contributed by atoms with Gasteiger partial charge in [0.15, 0.2) is 5.52 Å². The lowest BCUT2D eigenvalue weighted by atomic mass is 10.1. The van der Waals surface area contributed by atoms with E-state index in [0.29, 0.717) is 49.6 Å². The average Bonchev–Trinajstić information content (AvgIpc) is 3.21. The quantitative estimate of drug-likeness (QED) is 0.401. The second-order valence-corrected chi connectivity index (χ2v) is 11.1. The van der Waals surface area contributed by atoms with Gasteiger partial charge in [-0.2, -0.15) is 9.40 Å². The number of carboxylic acid groups (broad SMARTS) is 1. The SMILES string of the molecule is CCCc1nn(C)c2c(=O)n(CC(=O)O)c(-c3cc(S(=O)(=O)N4CCN(CC)CC4)ccc3OCC)nc12. The van der Waals surface area contributed by atoms with E-state index in [1.807, 2.05) is 13.8 Å². The Labute approximate surface area is 221 Å². The van der Waals surface area contributed by atoms with Crippen molar-refractivity contribution in [1.29, 1.82) is 0 Å². The molecule has 1 aliphatic rings. The van der Waals surface area contributed by atoms with Gasteiger partial charge in [0.1, 0.15) is 23.6 Å². The van der Waals surface area contributed by atoms with Crippen molar-refractivity contribution >= 4 is 27.0 Å². The van der Waals surface area contributed by atoms with Crippen molar-refractivity contribution in [3.63, 3.8) is 0 Å². The van der Waals surface area contributed by atoms with Crippen LogP contribution in [0.25, 0.3) is 22.4 Å². The highest BCUT2D eigenvalue weighted by molar-refractivity contribution is 7.89. The van der Waals surface area contributed by atoms with Gasteiger partial charge in [0.25, 0.3) is 5.56 Å². The number of rotatable bonds is 10. The number of likely N-dealkylation sites (N-methyl/N-ethyl adjacent to an activating group) is 1. The first-order valence-corrected chi connectivity index (χ1v) is 14.2. The largest absolute Gasteiger partial charge is 0.493 e. The first-order valence-electron chi connectivity index (χ1n) is 12.8. The van der Waals surface area contributed by atoms with E-state index in [4.69, 9.17) is 9.72 Å². The van der Waals surface area contributed by atoms with Gasteiger partial charge in [-0.25, -0.2) is 13.4 Å². The molecule has 1 fully saturated rings. The Balaban J connectivity index is 1.94. The summed E-state index contributed by atoms with van der Waals surface area (Å²) in [6.45, 7) is 8.27. The minimum atomic E-state index is -3.85. The minimum absolute atomic E-state index is 0.0200. The maximum atomic E-state index is 13.6. The number of aliphatic carboxylic acids is 1. The zero-order chi connectivity index (χ0) is 27.6. The Bertz CT molecular complexity index is 1500. The van der Waals surface area contributed by atoms with E-state index in [1.165, 1.54) is 27.2 Å². The smallest absolute Gasteiger partial charge is 0.323 e. The minimum Gasteiger partial charge on any atom is -0.493 e. The molecule has 13 heteroatoms. The van der Waals surface area contributed by atoms with Gasteiger partial charge < -0.3 is 14.7 Å². The van der Waals surface area contributed by atoms with Gasteiger partial charge in [-0.1, -0.05) is 20.3 Å². The van der Waals surface area contributed by atoms with Crippen LogP contribution in [-0.4, -0.2) is 87.4 Å². The van der Waals surface area contributed by atoms with E-state index in [1.54, 1.807) is 14.0 Å². The van der Waals surface area contributed by atoms with Crippen LogP contribution >= 0.6 is 0 Å². The fourth-order valence-electron chi connectivity index (χ4n) is 4.77. The number of carbonyl (C=O) groups is 1. The third-order valence-electron chi connectivity index (χ3n) is 6.70. The molecule has 3 aromatic rings. The van der Waals surface area contributed by atoms with Gasteiger partial charge in [0.05, 0.1) is 22.8 Å². The lowest BCUT2D eigenvalue weighted by Crippen LogP contribution is -2.48. The molecule has 0 unspecified atom stereocenters. The molecule has 3 heterocycles. The highest BCUT2D eigenvalue weighted by Crippen LogP contribution is 2.33. The fourth-order valence-corrected chi connectivity index (χ4v) is 6.22. The van der Waals surface area contributed by atoms with Crippen LogP contribution in [-0.2, 0) is 34.8 Å². The van der Waals surface area contributed by atoms with Crippen molar-refractivity contribution in [3.8, 4) is 17.1 Å². The average molecular weight is 547 g/mol. The van der Waals surface area contributed by atoms with Crippen molar-refractivity contribution in [2.75, 3.05) is 39.3 Å². The summed E-state index contributed by atoms with van der Waals surface area (Å²) in [6, 6.07) is 4.43.